The highest BCUT2D eigenvalue weighted by Crippen LogP contribution is 2.43. The number of benzene rings is 2. The number of nitrogens with one attached hydrogen (secondary N) is 1. The van der Waals surface area contributed by atoms with E-state index in [0.29, 0.717) is 26.2 Å². The van der Waals surface area contributed by atoms with E-state index in [0.717, 1.165) is 21.3 Å². The monoisotopic (exact) mass is 547 g/mol. The number of hydrogen-bond acceptors (Lipinski definition) is 4. The number of carbonyl (C=O) groups is 1. The van der Waals surface area contributed by atoms with Gasteiger partial charge >= 0.3 is 6.18 Å². The lowest BCUT2D eigenvalue weighted by Crippen LogP contribution is -2.48. The summed E-state index contributed by atoms with van der Waals surface area (Å²) in [7, 11) is 0. The van der Waals surface area contributed by atoms with Crippen molar-refractivity contribution >= 4 is 27.7 Å². The Balaban J connectivity index is 1.30. The van der Waals surface area contributed by atoms with Crippen LogP contribution in [0.15, 0.2) is 65.1 Å². The minimum atomic E-state index is -4.49. The largest absolute Gasteiger partial charge is 0.410 e. The van der Waals surface area contributed by atoms with Gasteiger partial charge in [0.25, 0.3) is 5.91 Å². The van der Waals surface area contributed by atoms with Crippen molar-refractivity contribution in [3.8, 4) is 0 Å². The number of amides is 1. The van der Waals surface area contributed by atoms with Crippen LogP contribution in [0, 0.1) is 0 Å². The first-order valence-electron chi connectivity index (χ1n) is 11.5. The van der Waals surface area contributed by atoms with Crippen molar-refractivity contribution in [2.75, 3.05) is 31.5 Å². The molecule has 2 aromatic carbocycles. The summed E-state index contributed by atoms with van der Waals surface area (Å²) in [6.45, 7) is 3.21. The van der Waals surface area contributed by atoms with Crippen LogP contribution in [-0.4, -0.2) is 57.8 Å². The number of rotatable bonds is 4. The molecule has 3 aromatic rings. The van der Waals surface area contributed by atoms with Gasteiger partial charge in [-0.2, -0.15) is 18.3 Å². The Morgan fingerprint density at radius 3 is 2.37 bits per heavy atom. The van der Waals surface area contributed by atoms with E-state index >= 15 is 0 Å². The van der Waals surface area contributed by atoms with Crippen LogP contribution in [0.3, 0.4) is 0 Å². The third-order valence-electron chi connectivity index (χ3n) is 6.59. The minimum absolute atomic E-state index is 0.0368. The second kappa shape index (κ2) is 9.66. The molecule has 0 saturated carbocycles. The van der Waals surface area contributed by atoms with Crippen molar-refractivity contribution in [1.29, 1.82) is 0 Å². The lowest BCUT2D eigenvalue weighted by molar-refractivity contribution is -0.173. The number of nitrogens with zero attached hydrogens (tertiary/aromatic N) is 4. The van der Waals surface area contributed by atoms with E-state index in [9.17, 15) is 18.0 Å². The van der Waals surface area contributed by atoms with Crippen LogP contribution in [0.4, 0.5) is 19.0 Å². The highest BCUT2D eigenvalue weighted by Gasteiger charge is 2.47. The molecule has 5 rings (SSSR count). The average Bonchev–Trinajstić information content (AvgIpc) is 3.28. The topological polar surface area (TPSA) is 53.4 Å². The fourth-order valence-corrected chi connectivity index (χ4v) is 4.97. The molecule has 0 unspecified atom stereocenters. The first-order chi connectivity index (χ1) is 16.8. The maximum Gasteiger partial charge on any atom is 0.410 e. The van der Waals surface area contributed by atoms with Gasteiger partial charge in [-0.15, -0.1) is 0 Å². The van der Waals surface area contributed by atoms with E-state index in [2.05, 4.69) is 43.4 Å². The Labute approximate surface area is 209 Å². The highest BCUT2D eigenvalue weighted by molar-refractivity contribution is 9.10. The number of alkyl halides is 3. The maximum atomic E-state index is 14.0. The second-order valence-corrected chi connectivity index (χ2v) is 9.87. The molecule has 1 fully saturated rings. The summed E-state index contributed by atoms with van der Waals surface area (Å²) in [5.74, 6) is -0.133. The van der Waals surface area contributed by atoms with E-state index in [4.69, 9.17) is 0 Å². The van der Waals surface area contributed by atoms with Crippen LogP contribution in [-0.2, 0) is 6.54 Å². The number of piperazine rings is 1. The lowest BCUT2D eigenvalue weighted by Gasteiger charge is -2.34. The number of aromatic nitrogens is 2. The van der Waals surface area contributed by atoms with Crippen molar-refractivity contribution in [1.82, 2.24) is 19.6 Å². The molecule has 0 aliphatic carbocycles. The van der Waals surface area contributed by atoms with E-state index < -0.39 is 18.3 Å². The SMILES string of the molecule is O=C(c1cc2n(n1)[C@H](C(F)(F)F)C[C@H](c1ccc(Br)cc1)N2)N1CCN(Cc2ccccc2)CC1. The maximum absolute atomic E-state index is 14.0. The molecule has 1 saturated heterocycles. The highest BCUT2D eigenvalue weighted by atomic mass is 79.9. The van der Waals surface area contributed by atoms with Gasteiger partial charge in [0, 0.05) is 49.7 Å². The second-order valence-electron chi connectivity index (χ2n) is 8.95. The van der Waals surface area contributed by atoms with Crippen molar-refractivity contribution in [2.24, 2.45) is 0 Å². The predicted octanol–water partition coefficient (Wildman–Crippen LogP) is 5.26. The molecule has 10 heteroatoms. The van der Waals surface area contributed by atoms with E-state index in [1.807, 2.05) is 18.2 Å². The van der Waals surface area contributed by atoms with Crippen LogP contribution in [0.25, 0.3) is 0 Å². The molecule has 2 aliphatic heterocycles. The molecule has 1 aromatic heterocycles. The zero-order valence-electron chi connectivity index (χ0n) is 18.9. The summed E-state index contributed by atoms with van der Waals surface area (Å²) in [5.41, 5.74) is 1.99. The normalized spacial score (nSPS) is 20.9. The third-order valence-corrected chi connectivity index (χ3v) is 7.12. The summed E-state index contributed by atoms with van der Waals surface area (Å²) in [4.78, 5) is 17.1. The van der Waals surface area contributed by atoms with Gasteiger partial charge in [-0.05, 0) is 23.3 Å². The van der Waals surface area contributed by atoms with Gasteiger partial charge < -0.3 is 10.2 Å². The number of fused-ring (bicyclic) bond motifs is 1. The fraction of sp³-hybridized carbons (Fsp3) is 0.360. The molecule has 0 radical (unpaired) electrons. The summed E-state index contributed by atoms with van der Waals surface area (Å²) in [5, 5.41) is 7.28. The Kier molecular flexibility index (Phi) is 6.59. The third kappa shape index (κ3) is 5.23. The summed E-state index contributed by atoms with van der Waals surface area (Å²) < 4.78 is 43.7. The van der Waals surface area contributed by atoms with Crippen LogP contribution >= 0.6 is 15.9 Å². The number of halogens is 4. The molecule has 1 N–H and O–H groups in total. The zero-order chi connectivity index (χ0) is 24.6. The van der Waals surface area contributed by atoms with Crippen LogP contribution in [0.2, 0.25) is 0 Å². The quantitative estimate of drug-likeness (QED) is 0.483. The van der Waals surface area contributed by atoms with Gasteiger partial charge in [0.1, 0.15) is 5.82 Å². The average molecular weight is 548 g/mol. The molecule has 184 valence electrons. The first-order valence-corrected chi connectivity index (χ1v) is 12.3. The van der Waals surface area contributed by atoms with Crippen LogP contribution < -0.4 is 5.32 Å². The van der Waals surface area contributed by atoms with Gasteiger partial charge in [0.2, 0.25) is 0 Å². The van der Waals surface area contributed by atoms with Gasteiger partial charge in [-0.3, -0.25) is 9.69 Å². The summed E-state index contributed by atoms with van der Waals surface area (Å²) in [6, 6.07) is 16.4. The van der Waals surface area contributed by atoms with Gasteiger partial charge in [-0.25, -0.2) is 4.68 Å². The molecule has 1 amide bonds. The van der Waals surface area contributed by atoms with Crippen molar-refractivity contribution in [2.45, 2.75) is 31.2 Å². The summed E-state index contributed by atoms with van der Waals surface area (Å²) in [6.07, 6.45) is -4.69. The number of carbonyl (C=O) groups excluding carboxylic acids is 1. The fourth-order valence-electron chi connectivity index (χ4n) is 4.70. The van der Waals surface area contributed by atoms with Gasteiger partial charge in [0.05, 0.1) is 6.04 Å². The molecule has 2 atom stereocenters. The van der Waals surface area contributed by atoms with E-state index in [1.165, 1.54) is 11.6 Å². The Bertz CT molecular complexity index is 1170. The van der Waals surface area contributed by atoms with Crippen molar-refractivity contribution < 1.29 is 18.0 Å². The Hall–Kier alpha value is -2.85. The minimum Gasteiger partial charge on any atom is -0.363 e. The first kappa shape index (κ1) is 23.9. The van der Waals surface area contributed by atoms with Crippen molar-refractivity contribution in [3.63, 3.8) is 0 Å². The standard InChI is InChI=1S/C25H25BrF3N5O/c26-19-8-6-18(7-9-19)20-14-22(25(27,28)29)34-23(30-20)15-21(31-34)24(35)33-12-10-32(11-13-33)16-17-4-2-1-3-5-17/h1-9,15,20,22,30H,10-14,16H2/t20-,22+/m1/s1. The Morgan fingerprint density at radius 1 is 1.03 bits per heavy atom. The molecule has 35 heavy (non-hydrogen) atoms. The van der Waals surface area contributed by atoms with Gasteiger partial charge in [-0.1, -0.05) is 58.4 Å². The molecular weight excluding hydrogens is 523 g/mol. The molecular formula is C25H25BrF3N5O. The van der Waals surface area contributed by atoms with Crippen molar-refractivity contribution in [3.05, 3.63) is 82.0 Å². The van der Waals surface area contributed by atoms with E-state index in [-0.39, 0.29) is 23.8 Å². The molecule has 0 bridgehead atoms. The number of anilines is 1. The molecule has 6 nitrogen and oxygen atoms in total. The predicted molar refractivity (Wildman–Crippen MR) is 130 cm³/mol. The van der Waals surface area contributed by atoms with Crippen LogP contribution in [0.1, 0.15) is 40.1 Å². The summed E-state index contributed by atoms with van der Waals surface area (Å²) >= 11 is 3.36. The number of hydrogen-bond donors (Lipinski definition) is 1. The smallest absolute Gasteiger partial charge is 0.363 e. The van der Waals surface area contributed by atoms with Gasteiger partial charge in [0.15, 0.2) is 11.7 Å². The molecule has 0 spiro atoms. The molecule has 2 aliphatic rings. The Morgan fingerprint density at radius 2 is 1.71 bits per heavy atom. The zero-order valence-corrected chi connectivity index (χ0v) is 20.5. The molecule has 3 heterocycles. The van der Waals surface area contributed by atoms with Crippen LogP contribution in [0.5, 0.6) is 0 Å². The van der Waals surface area contributed by atoms with E-state index in [1.54, 1.807) is 29.2 Å². The lowest BCUT2D eigenvalue weighted by atomic mass is 9.97.